The Morgan fingerprint density at radius 1 is 1.10 bits per heavy atom. The highest BCUT2D eigenvalue weighted by Crippen LogP contribution is 2.38. The molecule has 1 amide bonds. The highest BCUT2D eigenvalue weighted by molar-refractivity contribution is 7.89. The third kappa shape index (κ3) is 3.94. The summed E-state index contributed by atoms with van der Waals surface area (Å²) in [6.07, 6.45) is 3.21. The minimum Gasteiger partial charge on any atom is -0.489 e. The van der Waals surface area contributed by atoms with Gasteiger partial charge in [-0.05, 0) is 42.7 Å². The van der Waals surface area contributed by atoms with Crippen molar-refractivity contribution in [2.24, 2.45) is 0 Å². The van der Waals surface area contributed by atoms with E-state index in [0.29, 0.717) is 43.1 Å². The fourth-order valence-corrected chi connectivity index (χ4v) is 5.94. The second kappa shape index (κ2) is 8.35. The number of anilines is 1. The van der Waals surface area contributed by atoms with Gasteiger partial charge in [0.15, 0.2) is 0 Å². The number of benzene rings is 2. The van der Waals surface area contributed by atoms with Crippen molar-refractivity contribution in [2.75, 3.05) is 24.6 Å². The monoisotopic (exact) mass is 432 g/mol. The van der Waals surface area contributed by atoms with Crippen LogP contribution in [0.4, 0.5) is 10.1 Å². The van der Waals surface area contributed by atoms with E-state index in [4.69, 9.17) is 4.74 Å². The van der Waals surface area contributed by atoms with Crippen molar-refractivity contribution in [1.29, 1.82) is 0 Å². The molecule has 0 aliphatic carbocycles. The number of hydrogen-bond donors (Lipinski definition) is 0. The van der Waals surface area contributed by atoms with Gasteiger partial charge in [0.2, 0.25) is 15.9 Å². The lowest BCUT2D eigenvalue weighted by Crippen LogP contribution is -2.37. The Hall–Kier alpha value is -2.45. The quantitative estimate of drug-likeness (QED) is 0.738. The molecule has 0 saturated carbocycles. The predicted octanol–water partition coefficient (Wildman–Crippen LogP) is 3.88. The van der Waals surface area contributed by atoms with Gasteiger partial charge in [-0.3, -0.25) is 4.79 Å². The van der Waals surface area contributed by atoms with Crippen LogP contribution >= 0.6 is 0 Å². The zero-order valence-corrected chi connectivity index (χ0v) is 17.7. The van der Waals surface area contributed by atoms with Crippen LogP contribution in [0.5, 0.6) is 5.75 Å². The molecule has 0 radical (unpaired) electrons. The van der Waals surface area contributed by atoms with Crippen molar-refractivity contribution in [2.45, 2.75) is 43.5 Å². The summed E-state index contributed by atoms with van der Waals surface area (Å²) in [5.74, 6) is -0.107. The number of fused-ring (bicyclic) bond motifs is 1. The Morgan fingerprint density at radius 3 is 2.70 bits per heavy atom. The average Bonchev–Trinajstić information content (AvgIpc) is 2.99. The molecule has 0 unspecified atom stereocenters. The molecule has 2 aromatic carbocycles. The van der Waals surface area contributed by atoms with E-state index in [-0.39, 0.29) is 16.6 Å². The molecule has 0 aromatic heterocycles. The molecule has 6 nitrogen and oxygen atoms in total. The molecule has 1 fully saturated rings. The Bertz CT molecular complexity index is 1060. The molecule has 2 aromatic rings. The number of carbonyl (C=O) groups excluding carboxylic acids is 1. The number of rotatable bonds is 3. The maximum Gasteiger partial charge on any atom is 0.243 e. The van der Waals surface area contributed by atoms with Crippen LogP contribution in [-0.4, -0.2) is 38.3 Å². The van der Waals surface area contributed by atoms with Crippen molar-refractivity contribution in [3.05, 3.63) is 53.8 Å². The molecule has 30 heavy (non-hydrogen) atoms. The summed E-state index contributed by atoms with van der Waals surface area (Å²) in [5.41, 5.74) is 1.24. The summed E-state index contributed by atoms with van der Waals surface area (Å²) >= 11 is 0. The SMILES string of the molecule is CC(=O)N1CCOc2cc(S(=O)(=O)N3CCCCC[C@H]3c3cccc(F)c3)ccc21. The number of hydrogen-bond acceptors (Lipinski definition) is 4. The standard InChI is InChI=1S/C22H25FN2O4S/c1-16(26)24-12-13-29-22-15-19(9-10-21(22)24)30(27,28)25-11-4-2-3-8-20(25)17-6-5-7-18(23)14-17/h5-7,9-10,14-15,20H,2-4,8,11-13H2,1H3/t20-/m0/s1. The first-order valence-electron chi connectivity index (χ1n) is 10.2. The van der Waals surface area contributed by atoms with Crippen molar-refractivity contribution < 1.29 is 22.3 Å². The molecular formula is C22H25FN2O4S. The first kappa shape index (κ1) is 20.8. The fraction of sp³-hybridized carbons (Fsp3) is 0.409. The van der Waals surface area contributed by atoms with Gasteiger partial charge in [-0.2, -0.15) is 4.31 Å². The molecule has 1 saturated heterocycles. The van der Waals surface area contributed by atoms with E-state index in [9.17, 15) is 17.6 Å². The Balaban J connectivity index is 1.73. The van der Waals surface area contributed by atoms with Gasteiger partial charge in [0.05, 0.1) is 23.2 Å². The lowest BCUT2D eigenvalue weighted by Gasteiger charge is -2.31. The van der Waals surface area contributed by atoms with Gasteiger partial charge < -0.3 is 9.64 Å². The molecule has 2 heterocycles. The maximum absolute atomic E-state index is 13.8. The maximum atomic E-state index is 13.8. The first-order chi connectivity index (χ1) is 14.4. The second-order valence-electron chi connectivity index (χ2n) is 7.68. The smallest absolute Gasteiger partial charge is 0.243 e. The summed E-state index contributed by atoms with van der Waals surface area (Å²) in [5, 5.41) is 0. The highest BCUT2D eigenvalue weighted by Gasteiger charge is 2.34. The van der Waals surface area contributed by atoms with Gasteiger partial charge in [0.1, 0.15) is 18.2 Å². The van der Waals surface area contributed by atoms with E-state index in [0.717, 1.165) is 19.3 Å². The topological polar surface area (TPSA) is 66.9 Å². The number of carbonyl (C=O) groups is 1. The average molecular weight is 433 g/mol. The summed E-state index contributed by atoms with van der Waals surface area (Å²) in [6.45, 7) is 2.59. The van der Waals surface area contributed by atoms with E-state index in [1.807, 2.05) is 0 Å². The Kier molecular flexibility index (Phi) is 5.79. The van der Waals surface area contributed by atoms with Crippen molar-refractivity contribution in [3.63, 3.8) is 0 Å². The Morgan fingerprint density at radius 2 is 1.93 bits per heavy atom. The summed E-state index contributed by atoms with van der Waals surface area (Å²) in [4.78, 5) is 13.6. The molecule has 2 aliphatic heterocycles. The van der Waals surface area contributed by atoms with E-state index < -0.39 is 16.1 Å². The molecule has 1 atom stereocenters. The fourth-order valence-electron chi connectivity index (χ4n) is 4.24. The minimum atomic E-state index is -3.84. The molecular weight excluding hydrogens is 407 g/mol. The van der Waals surface area contributed by atoms with Crippen molar-refractivity contribution in [3.8, 4) is 5.75 Å². The van der Waals surface area contributed by atoms with Crippen LogP contribution in [0.2, 0.25) is 0 Å². The first-order valence-corrected chi connectivity index (χ1v) is 11.6. The van der Waals surface area contributed by atoms with Gasteiger partial charge in [-0.25, -0.2) is 12.8 Å². The van der Waals surface area contributed by atoms with Crippen molar-refractivity contribution in [1.82, 2.24) is 4.31 Å². The zero-order valence-electron chi connectivity index (χ0n) is 16.9. The van der Waals surface area contributed by atoms with Gasteiger partial charge in [0, 0.05) is 19.5 Å². The van der Waals surface area contributed by atoms with E-state index in [1.54, 1.807) is 23.1 Å². The van der Waals surface area contributed by atoms with E-state index >= 15 is 0 Å². The molecule has 8 heteroatoms. The predicted molar refractivity (Wildman–Crippen MR) is 111 cm³/mol. The van der Waals surface area contributed by atoms with Gasteiger partial charge in [-0.1, -0.05) is 25.0 Å². The van der Waals surface area contributed by atoms with Crippen LogP contribution in [0.15, 0.2) is 47.4 Å². The van der Waals surface area contributed by atoms with E-state index in [1.165, 1.54) is 35.5 Å². The number of ether oxygens (including phenoxy) is 1. The molecule has 0 N–H and O–H groups in total. The van der Waals surface area contributed by atoms with Crippen molar-refractivity contribution >= 4 is 21.6 Å². The zero-order chi connectivity index (χ0) is 21.3. The van der Waals surface area contributed by atoms with Crippen LogP contribution in [0.3, 0.4) is 0 Å². The molecule has 160 valence electrons. The number of amides is 1. The van der Waals surface area contributed by atoms with Gasteiger partial charge in [0.25, 0.3) is 0 Å². The summed E-state index contributed by atoms with van der Waals surface area (Å²) in [7, 11) is -3.84. The normalized spacial score (nSPS) is 20.2. The lowest BCUT2D eigenvalue weighted by atomic mass is 10.0. The number of sulfonamides is 1. The van der Waals surface area contributed by atoms with Crippen LogP contribution in [-0.2, 0) is 14.8 Å². The largest absolute Gasteiger partial charge is 0.489 e. The lowest BCUT2D eigenvalue weighted by molar-refractivity contribution is -0.116. The second-order valence-corrected chi connectivity index (χ2v) is 9.58. The Labute approximate surface area is 176 Å². The van der Waals surface area contributed by atoms with E-state index in [2.05, 4.69) is 0 Å². The molecule has 4 rings (SSSR count). The third-order valence-electron chi connectivity index (χ3n) is 5.72. The van der Waals surface area contributed by atoms with Crippen LogP contribution < -0.4 is 9.64 Å². The third-order valence-corrected chi connectivity index (χ3v) is 7.62. The molecule has 0 bridgehead atoms. The van der Waals surface area contributed by atoms with Crippen LogP contribution in [0, 0.1) is 5.82 Å². The molecule has 0 spiro atoms. The highest BCUT2D eigenvalue weighted by atomic mass is 32.2. The molecule has 2 aliphatic rings. The number of halogens is 1. The summed E-state index contributed by atoms with van der Waals surface area (Å²) < 4.78 is 48.2. The van der Waals surface area contributed by atoms with Gasteiger partial charge >= 0.3 is 0 Å². The summed E-state index contributed by atoms with van der Waals surface area (Å²) in [6, 6.07) is 10.4. The van der Waals surface area contributed by atoms with Crippen LogP contribution in [0.25, 0.3) is 0 Å². The number of nitrogens with zero attached hydrogens (tertiary/aromatic N) is 2. The van der Waals surface area contributed by atoms with Gasteiger partial charge in [-0.15, -0.1) is 0 Å². The minimum absolute atomic E-state index is 0.117. The van der Waals surface area contributed by atoms with Crippen LogP contribution in [0.1, 0.15) is 44.2 Å².